The van der Waals surface area contributed by atoms with E-state index in [2.05, 4.69) is 21.2 Å². The number of hydrogen-bond donors (Lipinski definition) is 1. The lowest BCUT2D eigenvalue weighted by atomic mass is 9.83. The van der Waals surface area contributed by atoms with E-state index in [1.807, 2.05) is 66.7 Å². The maximum Gasteiger partial charge on any atom is 0.308 e. The summed E-state index contributed by atoms with van der Waals surface area (Å²) in [6.07, 6.45) is 0. The maximum absolute atomic E-state index is 14.0. The number of halogens is 2. The molecule has 3 atom stereocenters. The molecule has 4 aromatic carbocycles. The number of nitrogens with one attached hydrogen (secondary N) is 1. The van der Waals surface area contributed by atoms with E-state index in [0.29, 0.717) is 26.3 Å². The first-order chi connectivity index (χ1) is 20.8. The summed E-state index contributed by atoms with van der Waals surface area (Å²) in [6.45, 7) is -0.226. The van der Waals surface area contributed by atoms with Gasteiger partial charge in [0.1, 0.15) is 11.8 Å². The average molecular weight is 691 g/mol. The minimum absolute atomic E-state index is 0.226. The molecule has 0 radical (unpaired) electrons. The van der Waals surface area contributed by atoms with Crippen LogP contribution in [0, 0.1) is 5.92 Å². The van der Waals surface area contributed by atoms with Crippen LogP contribution in [0.5, 0.6) is 0 Å². The van der Waals surface area contributed by atoms with Gasteiger partial charge in [0.15, 0.2) is 0 Å². The summed E-state index contributed by atoms with van der Waals surface area (Å²) < 4.78 is 2.24. The number of hydrogen-bond acceptors (Lipinski definition) is 6. The molecular formula is C32H21BrClN3O4S2. The summed E-state index contributed by atoms with van der Waals surface area (Å²) in [5.74, 6) is -2.33. The number of anilines is 2. The second-order valence-corrected chi connectivity index (χ2v) is 13.8. The second kappa shape index (κ2) is 11.1. The number of thiazole rings is 1. The summed E-state index contributed by atoms with van der Waals surface area (Å²) in [5, 5.41) is 5.20. The van der Waals surface area contributed by atoms with Gasteiger partial charge in [0.25, 0.3) is 0 Å². The molecule has 2 aliphatic rings. The third kappa shape index (κ3) is 5.02. The Hall–Kier alpha value is -3.70. The lowest BCUT2D eigenvalue weighted by Crippen LogP contribution is -2.33. The molecule has 43 heavy (non-hydrogen) atoms. The highest BCUT2D eigenvalue weighted by Gasteiger charge is 2.56. The van der Waals surface area contributed by atoms with Crippen LogP contribution in [-0.2, 0) is 20.9 Å². The largest absolute Gasteiger partial charge is 0.325 e. The third-order valence-corrected chi connectivity index (χ3v) is 11.0. The van der Waals surface area contributed by atoms with Crippen molar-refractivity contribution in [2.45, 2.75) is 22.7 Å². The number of rotatable bonds is 5. The summed E-state index contributed by atoms with van der Waals surface area (Å²) in [5.41, 5.74) is 1.87. The normalized spacial score (nSPS) is 19.4. The zero-order chi connectivity index (χ0) is 29.8. The summed E-state index contributed by atoms with van der Waals surface area (Å²) in [6, 6.07) is 27.6. The molecule has 3 heterocycles. The highest BCUT2D eigenvalue weighted by atomic mass is 79.9. The van der Waals surface area contributed by atoms with Crippen LogP contribution in [-0.4, -0.2) is 27.5 Å². The molecule has 7 nitrogen and oxygen atoms in total. The quantitative estimate of drug-likeness (QED) is 0.203. The summed E-state index contributed by atoms with van der Waals surface area (Å²) in [7, 11) is 0. The lowest BCUT2D eigenvalue weighted by Gasteiger charge is -2.30. The minimum atomic E-state index is -0.775. The van der Waals surface area contributed by atoms with Crippen molar-refractivity contribution >= 4 is 90.5 Å². The Morgan fingerprint density at radius 2 is 1.65 bits per heavy atom. The zero-order valence-electron chi connectivity index (χ0n) is 22.2. The van der Waals surface area contributed by atoms with Crippen molar-refractivity contribution in [3.63, 3.8) is 0 Å². The molecule has 0 bridgehead atoms. The molecule has 2 aliphatic heterocycles. The van der Waals surface area contributed by atoms with E-state index < -0.39 is 17.1 Å². The smallest absolute Gasteiger partial charge is 0.308 e. The topological polar surface area (TPSA) is 88.5 Å². The van der Waals surface area contributed by atoms with Gasteiger partial charge in [-0.2, -0.15) is 0 Å². The lowest BCUT2D eigenvalue weighted by molar-refractivity contribution is -0.122. The van der Waals surface area contributed by atoms with E-state index in [4.69, 9.17) is 11.6 Å². The first-order valence-electron chi connectivity index (χ1n) is 13.4. The van der Waals surface area contributed by atoms with E-state index >= 15 is 0 Å². The first kappa shape index (κ1) is 28.1. The molecule has 1 fully saturated rings. The maximum atomic E-state index is 14.0. The van der Waals surface area contributed by atoms with Crippen LogP contribution in [0.15, 0.2) is 105 Å². The number of amides is 3. The van der Waals surface area contributed by atoms with E-state index in [-0.39, 0.29) is 29.1 Å². The van der Waals surface area contributed by atoms with E-state index in [1.54, 1.807) is 24.3 Å². The second-order valence-electron chi connectivity index (χ2n) is 10.3. The Balaban J connectivity index is 1.26. The number of aromatic nitrogens is 1. The van der Waals surface area contributed by atoms with Gasteiger partial charge in [0, 0.05) is 26.0 Å². The highest BCUT2D eigenvalue weighted by Crippen LogP contribution is 2.54. The third-order valence-electron chi connectivity index (χ3n) is 7.68. The van der Waals surface area contributed by atoms with Crippen LogP contribution >= 0.6 is 50.6 Å². The molecule has 1 saturated heterocycles. The fourth-order valence-electron chi connectivity index (χ4n) is 5.77. The van der Waals surface area contributed by atoms with Crippen molar-refractivity contribution in [2.24, 2.45) is 5.92 Å². The van der Waals surface area contributed by atoms with Gasteiger partial charge >= 0.3 is 4.87 Å². The van der Waals surface area contributed by atoms with Crippen LogP contribution in [0.4, 0.5) is 11.4 Å². The van der Waals surface area contributed by atoms with Crippen molar-refractivity contribution in [1.82, 2.24) is 4.57 Å². The van der Waals surface area contributed by atoms with E-state index in [9.17, 15) is 19.2 Å². The van der Waals surface area contributed by atoms with Gasteiger partial charge in [-0.3, -0.25) is 23.7 Å². The van der Waals surface area contributed by atoms with E-state index in [1.165, 1.54) is 21.2 Å². The van der Waals surface area contributed by atoms with Gasteiger partial charge in [0.05, 0.1) is 16.6 Å². The molecule has 0 saturated carbocycles. The predicted octanol–water partition coefficient (Wildman–Crippen LogP) is 6.91. The molecule has 1 N–H and O–H groups in total. The number of fused-ring (bicyclic) bond motifs is 3. The van der Waals surface area contributed by atoms with Crippen LogP contribution in [0.2, 0.25) is 5.02 Å². The minimum Gasteiger partial charge on any atom is -0.325 e. The van der Waals surface area contributed by atoms with Gasteiger partial charge in [-0.25, -0.2) is 4.90 Å². The van der Waals surface area contributed by atoms with Crippen molar-refractivity contribution in [1.29, 1.82) is 0 Å². The van der Waals surface area contributed by atoms with Crippen LogP contribution < -0.4 is 15.1 Å². The van der Waals surface area contributed by atoms with Crippen molar-refractivity contribution in [3.8, 4) is 0 Å². The predicted molar refractivity (Wildman–Crippen MR) is 174 cm³/mol. The molecule has 11 heteroatoms. The molecule has 1 aromatic heterocycles. The molecule has 214 valence electrons. The van der Waals surface area contributed by atoms with Crippen LogP contribution in [0.1, 0.15) is 16.4 Å². The Labute approximate surface area is 267 Å². The van der Waals surface area contributed by atoms with Crippen molar-refractivity contribution in [3.05, 3.63) is 121 Å². The van der Waals surface area contributed by atoms with Gasteiger partial charge in [-0.1, -0.05) is 93.1 Å². The number of carbonyl (C=O) groups excluding carboxylic acids is 3. The molecular weight excluding hydrogens is 670 g/mol. The average Bonchev–Trinajstić information content (AvgIpc) is 3.43. The van der Waals surface area contributed by atoms with Gasteiger partial charge in [0.2, 0.25) is 17.7 Å². The van der Waals surface area contributed by atoms with Crippen molar-refractivity contribution < 1.29 is 14.4 Å². The Morgan fingerprint density at radius 3 is 2.42 bits per heavy atom. The molecule has 7 rings (SSSR count). The fourth-order valence-corrected chi connectivity index (χ4v) is 9.09. The standard InChI is InChI=1S/C32H21BrClN3O4S2/c33-20-7-3-6-19(14-20)25-26-27(30(40)37(29(26)39)23-12-9-21(34)10-13-23)42-31-28(25)43-32(41)36(31)16-24(38)35-22-11-8-17-4-1-2-5-18(17)15-22/h1-15,25-27H,16H2,(H,35,38)/t25-,26?,27?/m1/s1. The number of thioether (sulfide) groups is 1. The zero-order valence-corrected chi connectivity index (χ0v) is 26.2. The molecule has 0 aliphatic carbocycles. The van der Waals surface area contributed by atoms with Crippen LogP contribution in [0.3, 0.4) is 0 Å². The number of imide groups is 1. The molecule has 0 spiro atoms. The number of benzene rings is 4. The summed E-state index contributed by atoms with van der Waals surface area (Å²) >= 11 is 11.8. The monoisotopic (exact) mass is 689 g/mol. The SMILES string of the molecule is O=C(Cn1c2c(sc1=O)[C@H](c1cccc(Br)c1)C1C(=O)N(c3ccc(Cl)cc3)C(=O)C1S2)Nc1ccc2ccccc2c1. The summed E-state index contributed by atoms with van der Waals surface area (Å²) in [4.78, 5) is 56.0. The Kier molecular flexibility index (Phi) is 7.25. The Bertz CT molecular complexity index is 2010. The number of carbonyl (C=O) groups is 3. The van der Waals surface area contributed by atoms with Gasteiger partial charge in [-0.15, -0.1) is 0 Å². The molecule has 5 aromatic rings. The molecule has 3 amide bonds. The number of nitrogens with zero attached hydrogens (tertiary/aromatic N) is 2. The van der Waals surface area contributed by atoms with Crippen LogP contribution in [0.25, 0.3) is 10.8 Å². The fraction of sp³-hybridized carbons (Fsp3) is 0.125. The molecule has 2 unspecified atom stereocenters. The van der Waals surface area contributed by atoms with Gasteiger partial charge < -0.3 is 5.32 Å². The van der Waals surface area contributed by atoms with Crippen molar-refractivity contribution in [2.75, 3.05) is 10.2 Å². The van der Waals surface area contributed by atoms with E-state index in [0.717, 1.165) is 32.1 Å². The highest BCUT2D eigenvalue weighted by molar-refractivity contribution is 9.10. The van der Waals surface area contributed by atoms with Gasteiger partial charge in [-0.05, 0) is 64.9 Å². The first-order valence-corrected chi connectivity index (χ1v) is 16.2. The Morgan fingerprint density at radius 1 is 0.884 bits per heavy atom.